The molecule has 3 amide bonds. The Kier molecular flexibility index (Phi) is 12.7. The first-order valence-corrected chi connectivity index (χ1v) is 11.7. The van der Waals surface area contributed by atoms with Crippen LogP contribution in [0.3, 0.4) is 0 Å². The summed E-state index contributed by atoms with van der Waals surface area (Å²) >= 11 is 0. The molecular formula is C22H34N6O9. The van der Waals surface area contributed by atoms with Crippen molar-refractivity contribution in [2.24, 2.45) is 11.7 Å². The summed E-state index contributed by atoms with van der Waals surface area (Å²) in [4.78, 5) is 78.6. The molecule has 0 spiro atoms. The third-order valence-electron chi connectivity index (χ3n) is 5.71. The van der Waals surface area contributed by atoms with Gasteiger partial charge in [-0.1, -0.05) is 20.3 Å². The minimum atomic E-state index is -1.49. The molecule has 1 rings (SSSR count). The molecule has 0 saturated heterocycles. The fraction of sp³-hybridized carbons (Fsp3) is 0.591. The van der Waals surface area contributed by atoms with Crippen LogP contribution in [0.2, 0.25) is 0 Å². The molecule has 37 heavy (non-hydrogen) atoms. The Bertz CT molecular complexity index is 952. The largest absolute Gasteiger partial charge is 0.481 e. The van der Waals surface area contributed by atoms with Gasteiger partial charge in [-0.3, -0.25) is 24.0 Å². The number of amides is 3. The van der Waals surface area contributed by atoms with Crippen LogP contribution in [-0.2, 0) is 35.2 Å². The molecule has 1 heterocycles. The van der Waals surface area contributed by atoms with Gasteiger partial charge in [-0.25, -0.2) is 9.78 Å². The number of carboxylic acids is 3. The average molecular weight is 527 g/mol. The van der Waals surface area contributed by atoms with Gasteiger partial charge in [0.15, 0.2) is 0 Å². The zero-order chi connectivity index (χ0) is 28.1. The molecule has 15 heteroatoms. The number of carbonyl (C=O) groups excluding carboxylic acids is 3. The molecule has 1 aromatic heterocycles. The number of hydrogen-bond donors (Lipinski definition) is 8. The Morgan fingerprint density at radius 3 is 1.78 bits per heavy atom. The Morgan fingerprint density at radius 2 is 1.38 bits per heavy atom. The molecule has 0 radical (unpaired) electrons. The third kappa shape index (κ3) is 11.1. The summed E-state index contributed by atoms with van der Waals surface area (Å²) in [6, 6.07) is -5.28. The minimum absolute atomic E-state index is 0.161. The van der Waals surface area contributed by atoms with Gasteiger partial charge in [-0.2, -0.15) is 0 Å². The number of hydrogen-bond acceptors (Lipinski definition) is 8. The first-order chi connectivity index (χ1) is 17.3. The van der Waals surface area contributed by atoms with E-state index in [4.69, 9.17) is 15.9 Å². The number of carbonyl (C=O) groups is 6. The van der Waals surface area contributed by atoms with Crippen molar-refractivity contribution in [1.82, 2.24) is 25.9 Å². The van der Waals surface area contributed by atoms with Gasteiger partial charge in [-0.05, 0) is 18.8 Å². The molecule has 206 valence electrons. The zero-order valence-electron chi connectivity index (χ0n) is 20.6. The van der Waals surface area contributed by atoms with Gasteiger partial charge in [0.05, 0.1) is 12.4 Å². The smallest absolute Gasteiger partial charge is 0.326 e. The van der Waals surface area contributed by atoms with Crippen molar-refractivity contribution >= 4 is 35.6 Å². The molecule has 0 aliphatic carbocycles. The summed E-state index contributed by atoms with van der Waals surface area (Å²) in [5.74, 6) is -6.73. The fourth-order valence-corrected chi connectivity index (χ4v) is 3.21. The number of nitrogens with zero attached hydrogens (tertiary/aromatic N) is 1. The van der Waals surface area contributed by atoms with Crippen LogP contribution in [0.4, 0.5) is 0 Å². The van der Waals surface area contributed by atoms with E-state index in [0.717, 1.165) is 0 Å². The van der Waals surface area contributed by atoms with E-state index in [1.807, 2.05) is 6.92 Å². The second-order valence-corrected chi connectivity index (χ2v) is 8.58. The van der Waals surface area contributed by atoms with Crippen molar-refractivity contribution in [2.45, 2.75) is 76.5 Å². The van der Waals surface area contributed by atoms with Crippen molar-refractivity contribution in [3.63, 3.8) is 0 Å². The lowest BCUT2D eigenvalue weighted by Crippen LogP contribution is -2.57. The Hall–Kier alpha value is -4.01. The number of rotatable bonds is 17. The molecule has 0 aliphatic heterocycles. The molecule has 0 aromatic carbocycles. The van der Waals surface area contributed by atoms with Crippen molar-refractivity contribution in [3.8, 4) is 0 Å². The van der Waals surface area contributed by atoms with Crippen LogP contribution in [0, 0.1) is 5.92 Å². The standard InChI is InChI=1S/C22H34N6O9/c1-3-11(2)18(23)21(35)27-14(5-7-17(31)32)19(33)26-13(4-6-16(29)30)20(34)28-15(22(36)37)8-12-9-24-10-25-12/h9-11,13-15,18H,3-8,23H2,1-2H3,(H,24,25)(H,26,33)(H,27,35)(H,28,34)(H,29,30)(H,31,32)(H,36,37). The van der Waals surface area contributed by atoms with Crippen LogP contribution < -0.4 is 21.7 Å². The van der Waals surface area contributed by atoms with E-state index in [1.54, 1.807) is 6.92 Å². The zero-order valence-corrected chi connectivity index (χ0v) is 20.6. The van der Waals surface area contributed by atoms with Crippen molar-refractivity contribution in [3.05, 3.63) is 18.2 Å². The maximum absolute atomic E-state index is 13.0. The highest BCUT2D eigenvalue weighted by molar-refractivity contribution is 5.94. The van der Waals surface area contributed by atoms with Crippen LogP contribution in [0.15, 0.2) is 12.5 Å². The Balaban J connectivity index is 3.05. The number of H-pyrrole nitrogens is 1. The van der Waals surface area contributed by atoms with Crippen molar-refractivity contribution < 1.29 is 44.1 Å². The van der Waals surface area contributed by atoms with Crippen molar-refractivity contribution in [2.75, 3.05) is 0 Å². The summed E-state index contributed by atoms with van der Waals surface area (Å²) in [5.41, 5.74) is 6.30. The molecule has 5 unspecified atom stereocenters. The summed E-state index contributed by atoms with van der Waals surface area (Å²) in [6.07, 6.45) is 1.35. The third-order valence-corrected chi connectivity index (χ3v) is 5.71. The van der Waals surface area contributed by atoms with Crippen LogP contribution in [0.25, 0.3) is 0 Å². The molecule has 9 N–H and O–H groups in total. The summed E-state index contributed by atoms with van der Waals surface area (Å²) in [6.45, 7) is 3.54. The van der Waals surface area contributed by atoms with Gasteiger partial charge in [-0.15, -0.1) is 0 Å². The normalized spacial score (nSPS) is 14.9. The molecular weight excluding hydrogens is 492 g/mol. The summed E-state index contributed by atoms with van der Waals surface area (Å²) in [7, 11) is 0. The quantitative estimate of drug-likeness (QED) is 0.117. The van der Waals surface area contributed by atoms with Crippen LogP contribution in [-0.4, -0.2) is 85.1 Å². The van der Waals surface area contributed by atoms with E-state index in [1.165, 1.54) is 12.5 Å². The number of imidazole rings is 1. The Labute approximate surface area is 212 Å². The SMILES string of the molecule is CCC(C)C(N)C(=O)NC(CCC(=O)O)C(=O)NC(CCC(=O)O)C(=O)NC(Cc1cnc[nH]1)C(=O)O. The van der Waals surface area contributed by atoms with E-state index < -0.39 is 79.1 Å². The van der Waals surface area contributed by atoms with E-state index in [-0.39, 0.29) is 18.8 Å². The summed E-state index contributed by atoms with van der Waals surface area (Å²) < 4.78 is 0. The topological polar surface area (TPSA) is 254 Å². The Morgan fingerprint density at radius 1 is 0.892 bits per heavy atom. The van der Waals surface area contributed by atoms with Gasteiger partial charge >= 0.3 is 17.9 Å². The van der Waals surface area contributed by atoms with Gasteiger partial charge in [0.1, 0.15) is 18.1 Å². The van der Waals surface area contributed by atoms with Gasteiger partial charge in [0.2, 0.25) is 17.7 Å². The molecule has 1 aromatic rings. The molecule has 0 bridgehead atoms. The number of aromatic nitrogens is 2. The molecule has 0 aliphatic rings. The first-order valence-electron chi connectivity index (χ1n) is 11.7. The predicted octanol–water partition coefficient (Wildman–Crippen LogP) is -1.41. The minimum Gasteiger partial charge on any atom is -0.481 e. The highest BCUT2D eigenvalue weighted by Crippen LogP contribution is 2.08. The lowest BCUT2D eigenvalue weighted by atomic mass is 9.98. The van der Waals surface area contributed by atoms with E-state index in [0.29, 0.717) is 12.1 Å². The highest BCUT2D eigenvalue weighted by atomic mass is 16.4. The van der Waals surface area contributed by atoms with Crippen LogP contribution in [0.5, 0.6) is 0 Å². The predicted molar refractivity (Wildman–Crippen MR) is 127 cm³/mol. The molecule has 0 fully saturated rings. The number of aliphatic carboxylic acids is 3. The number of nitrogens with two attached hydrogens (primary N) is 1. The highest BCUT2D eigenvalue weighted by Gasteiger charge is 2.31. The average Bonchev–Trinajstić information content (AvgIpc) is 3.35. The molecule has 0 saturated carbocycles. The number of aromatic amines is 1. The summed E-state index contributed by atoms with van der Waals surface area (Å²) in [5, 5.41) is 34.5. The number of carboxylic acid groups (broad SMARTS) is 3. The first kappa shape index (κ1) is 31.0. The molecule has 15 nitrogen and oxygen atoms in total. The van der Waals surface area contributed by atoms with Gasteiger partial charge in [0.25, 0.3) is 0 Å². The maximum atomic E-state index is 13.0. The lowest BCUT2D eigenvalue weighted by molar-refractivity contribution is -0.143. The second kappa shape index (κ2) is 15.2. The second-order valence-electron chi connectivity index (χ2n) is 8.58. The van der Waals surface area contributed by atoms with Crippen molar-refractivity contribution in [1.29, 1.82) is 0 Å². The fourth-order valence-electron chi connectivity index (χ4n) is 3.21. The number of nitrogens with one attached hydrogen (secondary N) is 4. The van der Waals surface area contributed by atoms with Gasteiger partial charge < -0.3 is 42.0 Å². The maximum Gasteiger partial charge on any atom is 0.326 e. The molecule has 5 atom stereocenters. The van der Waals surface area contributed by atoms with Gasteiger partial charge in [0, 0.05) is 31.2 Å². The monoisotopic (exact) mass is 526 g/mol. The van der Waals surface area contributed by atoms with Crippen LogP contribution >= 0.6 is 0 Å². The van der Waals surface area contributed by atoms with Crippen LogP contribution in [0.1, 0.15) is 51.6 Å². The lowest BCUT2D eigenvalue weighted by Gasteiger charge is -2.25. The van der Waals surface area contributed by atoms with E-state index in [9.17, 15) is 33.9 Å². The van der Waals surface area contributed by atoms with E-state index in [2.05, 4.69) is 25.9 Å². The van der Waals surface area contributed by atoms with E-state index >= 15 is 0 Å².